The van der Waals surface area contributed by atoms with Gasteiger partial charge in [0.15, 0.2) is 5.82 Å². The zero-order valence-electron chi connectivity index (χ0n) is 14.8. The first-order valence-electron chi connectivity index (χ1n) is 9.18. The molecule has 0 unspecified atom stereocenters. The first-order valence-corrected chi connectivity index (χ1v) is 9.18. The molecule has 0 bridgehead atoms. The number of hydrogen-bond acceptors (Lipinski definition) is 5. The molecule has 0 aromatic carbocycles. The number of rotatable bonds is 7. The van der Waals surface area contributed by atoms with Gasteiger partial charge in [0, 0.05) is 19.6 Å². The fraction of sp³-hybridized carbons (Fsp3) is 0.824. The lowest BCUT2D eigenvalue weighted by Gasteiger charge is -2.32. The summed E-state index contributed by atoms with van der Waals surface area (Å²) in [6, 6.07) is -0.0474. The predicted molar refractivity (Wildman–Crippen MR) is 90.4 cm³/mol. The molecule has 1 saturated heterocycles. The number of nitrogens with one attached hydrogen (secondary N) is 1. The van der Waals surface area contributed by atoms with E-state index in [0.717, 1.165) is 12.5 Å². The molecule has 1 aliphatic carbocycles. The summed E-state index contributed by atoms with van der Waals surface area (Å²) in [5.74, 6) is 2.64. The lowest BCUT2D eigenvalue weighted by molar-refractivity contribution is 0.166. The van der Waals surface area contributed by atoms with Crippen LogP contribution in [0.25, 0.3) is 0 Å². The Morgan fingerprint density at radius 1 is 1.29 bits per heavy atom. The molecule has 7 nitrogen and oxygen atoms in total. The minimum Gasteiger partial charge on any atom is -0.338 e. The van der Waals surface area contributed by atoms with Crippen molar-refractivity contribution in [2.75, 3.05) is 32.7 Å². The van der Waals surface area contributed by atoms with Gasteiger partial charge >= 0.3 is 6.03 Å². The highest BCUT2D eigenvalue weighted by molar-refractivity contribution is 5.74. The largest absolute Gasteiger partial charge is 0.338 e. The van der Waals surface area contributed by atoms with Crippen molar-refractivity contribution in [2.24, 2.45) is 11.8 Å². The number of carbonyl (C=O) groups excluding carboxylic acids is 1. The van der Waals surface area contributed by atoms with Crippen LogP contribution in [0.5, 0.6) is 0 Å². The van der Waals surface area contributed by atoms with Gasteiger partial charge in [-0.3, -0.25) is 0 Å². The van der Waals surface area contributed by atoms with E-state index in [4.69, 9.17) is 4.52 Å². The first kappa shape index (κ1) is 17.2. The lowest BCUT2D eigenvalue weighted by atomic mass is 9.96. The van der Waals surface area contributed by atoms with E-state index in [9.17, 15) is 4.79 Å². The van der Waals surface area contributed by atoms with Gasteiger partial charge < -0.3 is 19.6 Å². The van der Waals surface area contributed by atoms with Crippen LogP contribution in [0.4, 0.5) is 4.79 Å². The van der Waals surface area contributed by atoms with Crippen LogP contribution in [0.3, 0.4) is 0 Å². The number of aryl methyl sites for hydroxylation is 1. The Labute approximate surface area is 143 Å². The minimum atomic E-state index is -0.0474. The van der Waals surface area contributed by atoms with Crippen molar-refractivity contribution in [3.8, 4) is 0 Å². The van der Waals surface area contributed by atoms with Gasteiger partial charge in [0.1, 0.15) is 6.54 Å². The summed E-state index contributed by atoms with van der Waals surface area (Å²) < 4.78 is 5.10. The predicted octanol–water partition coefficient (Wildman–Crippen LogP) is 2.03. The number of likely N-dealkylation sites (tertiary alicyclic amines) is 1. The molecule has 2 fully saturated rings. The van der Waals surface area contributed by atoms with E-state index in [1.54, 1.807) is 11.8 Å². The number of aromatic nitrogens is 2. The quantitative estimate of drug-likeness (QED) is 0.825. The molecule has 2 heterocycles. The highest BCUT2D eigenvalue weighted by Gasteiger charge is 2.27. The fourth-order valence-corrected chi connectivity index (χ4v) is 3.28. The molecule has 2 amide bonds. The summed E-state index contributed by atoms with van der Waals surface area (Å²) in [7, 11) is 0. The Balaban J connectivity index is 1.37. The van der Waals surface area contributed by atoms with Gasteiger partial charge in [-0.1, -0.05) is 5.16 Å². The number of carbonyl (C=O) groups is 1. The zero-order valence-corrected chi connectivity index (χ0v) is 14.8. The van der Waals surface area contributed by atoms with Crippen molar-refractivity contribution in [3.63, 3.8) is 0 Å². The third-order valence-electron chi connectivity index (χ3n) is 5.03. The van der Waals surface area contributed by atoms with Crippen molar-refractivity contribution in [3.05, 3.63) is 11.7 Å². The number of amides is 2. The molecule has 1 aromatic rings. The summed E-state index contributed by atoms with van der Waals surface area (Å²) in [5, 5.41) is 6.84. The first-order chi connectivity index (χ1) is 11.6. The number of urea groups is 1. The van der Waals surface area contributed by atoms with Crippen molar-refractivity contribution in [1.82, 2.24) is 25.3 Å². The minimum absolute atomic E-state index is 0.0474. The van der Waals surface area contributed by atoms with E-state index in [1.165, 1.54) is 45.3 Å². The molecule has 1 saturated carbocycles. The zero-order chi connectivity index (χ0) is 16.9. The summed E-state index contributed by atoms with van der Waals surface area (Å²) >= 11 is 0. The van der Waals surface area contributed by atoms with Crippen LogP contribution >= 0.6 is 0 Å². The van der Waals surface area contributed by atoms with Crippen LogP contribution in [0.15, 0.2) is 4.52 Å². The van der Waals surface area contributed by atoms with Gasteiger partial charge in [0.2, 0.25) is 5.89 Å². The molecule has 7 heteroatoms. The summed E-state index contributed by atoms with van der Waals surface area (Å²) in [6.07, 6.45) is 5.20. The molecular formula is C17H29N5O2. The van der Waals surface area contributed by atoms with E-state index >= 15 is 0 Å². The van der Waals surface area contributed by atoms with Crippen LogP contribution in [-0.4, -0.2) is 58.7 Å². The van der Waals surface area contributed by atoms with E-state index in [1.807, 2.05) is 6.92 Å². The Morgan fingerprint density at radius 2 is 2.04 bits per heavy atom. The highest BCUT2D eigenvalue weighted by Crippen LogP contribution is 2.31. The highest BCUT2D eigenvalue weighted by atomic mass is 16.5. The average molecular weight is 335 g/mol. The molecule has 1 N–H and O–H groups in total. The topological polar surface area (TPSA) is 74.5 Å². The van der Waals surface area contributed by atoms with Gasteiger partial charge in [-0.2, -0.15) is 4.98 Å². The van der Waals surface area contributed by atoms with E-state index in [0.29, 0.717) is 30.7 Å². The summed E-state index contributed by atoms with van der Waals surface area (Å²) in [5.41, 5.74) is 0. The Bertz CT molecular complexity index is 535. The van der Waals surface area contributed by atoms with E-state index in [-0.39, 0.29) is 6.03 Å². The maximum Gasteiger partial charge on any atom is 0.317 e. The summed E-state index contributed by atoms with van der Waals surface area (Å²) in [4.78, 5) is 20.8. The Kier molecular flexibility index (Phi) is 5.71. The van der Waals surface area contributed by atoms with E-state index < -0.39 is 0 Å². The summed E-state index contributed by atoms with van der Waals surface area (Å²) in [6.45, 7) is 9.11. The molecule has 1 aromatic heterocycles. The fourth-order valence-electron chi connectivity index (χ4n) is 3.28. The standard InChI is InChI=1S/C17H29N5O2/c1-3-22(12-16-19-13(2)20-24-16)17(23)18-10-14-6-8-21(9-7-14)11-15-4-5-15/h14-15H,3-12H2,1-2H3,(H,18,23). The Morgan fingerprint density at radius 3 is 2.62 bits per heavy atom. The second kappa shape index (κ2) is 7.96. The normalized spacial score (nSPS) is 19.4. The van der Waals surface area contributed by atoms with Gasteiger partial charge in [0.05, 0.1) is 0 Å². The Hall–Kier alpha value is -1.63. The maximum atomic E-state index is 12.4. The molecule has 0 spiro atoms. The lowest BCUT2D eigenvalue weighted by Crippen LogP contribution is -2.44. The molecule has 0 atom stereocenters. The van der Waals surface area contributed by atoms with Crippen LogP contribution in [0, 0.1) is 18.8 Å². The van der Waals surface area contributed by atoms with Gasteiger partial charge in [-0.15, -0.1) is 0 Å². The molecule has 134 valence electrons. The van der Waals surface area contributed by atoms with Crippen molar-refractivity contribution >= 4 is 6.03 Å². The number of piperidine rings is 1. The van der Waals surface area contributed by atoms with Crippen molar-refractivity contribution in [1.29, 1.82) is 0 Å². The van der Waals surface area contributed by atoms with Crippen molar-refractivity contribution < 1.29 is 9.32 Å². The SMILES string of the molecule is CCN(Cc1nc(C)no1)C(=O)NCC1CCN(CC2CC2)CC1. The molecule has 0 radical (unpaired) electrons. The molecule has 24 heavy (non-hydrogen) atoms. The third kappa shape index (κ3) is 4.93. The molecule has 2 aliphatic rings. The second-order valence-corrected chi connectivity index (χ2v) is 7.12. The molecule has 1 aliphatic heterocycles. The smallest absolute Gasteiger partial charge is 0.317 e. The van der Waals surface area contributed by atoms with Crippen LogP contribution < -0.4 is 5.32 Å². The monoisotopic (exact) mass is 335 g/mol. The van der Waals surface area contributed by atoms with E-state index in [2.05, 4.69) is 20.4 Å². The van der Waals surface area contributed by atoms with Crippen LogP contribution in [0.2, 0.25) is 0 Å². The average Bonchev–Trinajstić information content (AvgIpc) is 3.31. The maximum absolute atomic E-state index is 12.4. The molecule has 3 rings (SSSR count). The third-order valence-corrected chi connectivity index (χ3v) is 5.03. The van der Waals surface area contributed by atoms with Crippen LogP contribution in [0.1, 0.15) is 44.3 Å². The molecular weight excluding hydrogens is 306 g/mol. The van der Waals surface area contributed by atoms with Gasteiger partial charge in [0.25, 0.3) is 0 Å². The van der Waals surface area contributed by atoms with Crippen molar-refractivity contribution in [2.45, 2.75) is 46.1 Å². The van der Waals surface area contributed by atoms with Crippen LogP contribution in [-0.2, 0) is 6.54 Å². The second-order valence-electron chi connectivity index (χ2n) is 7.12. The van der Waals surface area contributed by atoms with Gasteiger partial charge in [-0.05, 0) is 64.5 Å². The van der Waals surface area contributed by atoms with Gasteiger partial charge in [-0.25, -0.2) is 4.79 Å². The number of nitrogens with zero attached hydrogens (tertiary/aromatic N) is 4. The number of hydrogen-bond donors (Lipinski definition) is 1.